The van der Waals surface area contributed by atoms with Gasteiger partial charge in [-0.3, -0.25) is 9.69 Å². The first-order valence-electron chi connectivity index (χ1n) is 12.0. The first-order valence-corrected chi connectivity index (χ1v) is 13.4. The third-order valence-electron chi connectivity index (χ3n) is 6.16. The molecule has 10 heteroatoms. The van der Waals surface area contributed by atoms with Gasteiger partial charge in [0.2, 0.25) is 23.2 Å². The molecule has 0 fully saturated rings. The van der Waals surface area contributed by atoms with Gasteiger partial charge in [0.1, 0.15) is 11.6 Å². The van der Waals surface area contributed by atoms with E-state index in [9.17, 15) is 9.18 Å². The van der Waals surface area contributed by atoms with Crippen molar-refractivity contribution in [3.8, 4) is 28.5 Å². The molecule has 194 valence electrons. The molecule has 3 aromatic carbocycles. The van der Waals surface area contributed by atoms with Crippen molar-refractivity contribution < 1.29 is 18.3 Å². The molecule has 0 saturated heterocycles. The van der Waals surface area contributed by atoms with E-state index >= 15 is 0 Å². The van der Waals surface area contributed by atoms with Crippen molar-refractivity contribution >= 4 is 35.0 Å². The van der Waals surface area contributed by atoms with E-state index in [2.05, 4.69) is 15.2 Å². The molecule has 6 rings (SSSR count). The zero-order valence-electron chi connectivity index (χ0n) is 20.5. The lowest BCUT2D eigenvalue weighted by Gasteiger charge is -2.28. The molecule has 1 amide bonds. The Labute approximate surface area is 232 Å². The van der Waals surface area contributed by atoms with Gasteiger partial charge in [-0.25, -0.2) is 4.39 Å². The second kappa shape index (κ2) is 10.5. The van der Waals surface area contributed by atoms with Gasteiger partial charge in [0.05, 0.1) is 5.69 Å². The molecular weight excluding hydrogens is 539 g/mol. The van der Waals surface area contributed by atoms with E-state index in [1.165, 1.54) is 35.7 Å². The normalized spacial score (nSPS) is 14.2. The predicted octanol–water partition coefficient (Wildman–Crippen LogP) is 7.33. The van der Waals surface area contributed by atoms with Crippen molar-refractivity contribution in [1.29, 1.82) is 0 Å². The number of halogens is 2. The van der Waals surface area contributed by atoms with E-state index in [1.807, 2.05) is 48.5 Å². The summed E-state index contributed by atoms with van der Waals surface area (Å²) in [6.07, 6.45) is -0.975. The van der Waals surface area contributed by atoms with Gasteiger partial charge in [-0.1, -0.05) is 59.8 Å². The number of hydrogen-bond donors (Lipinski definition) is 0. The molecule has 0 spiro atoms. The van der Waals surface area contributed by atoms with Crippen LogP contribution in [-0.2, 0) is 10.5 Å². The van der Waals surface area contributed by atoms with Gasteiger partial charge in [0.25, 0.3) is 0 Å². The Morgan fingerprint density at radius 2 is 1.77 bits per heavy atom. The van der Waals surface area contributed by atoms with Crippen LogP contribution in [0, 0.1) is 5.82 Å². The van der Waals surface area contributed by atoms with E-state index in [0.29, 0.717) is 50.0 Å². The molecule has 0 saturated carbocycles. The fraction of sp³-hybridized carbons (Fsp3) is 0.103. The van der Waals surface area contributed by atoms with Gasteiger partial charge in [0.15, 0.2) is 11.5 Å². The molecular formula is C29H20ClFN4O3S. The molecule has 7 nitrogen and oxygen atoms in total. The van der Waals surface area contributed by atoms with Gasteiger partial charge >= 0.3 is 0 Å². The van der Waals surface area contributed by atoms with Gasteiger partial charge < -0.3 is 9.15 Å². The minimum absolute atomic E-state index is 0.215. The Balaban J connectivity index is 1.40. The average molecular weight is 559 g/mol. The zero-order valence-corrected chi connectivity index (χ0v) is 22.1. The van der Waals surface area contributed by atoms with Crippen LogP contribution in [0.5, 0.6) is 5.88 Å². The molecule has 2 aromatic heterocycles. The predicted molar refractivity (Wildman–Crippen MR) is 147 cm³/mol. The number of amides is 1. The van der Waals surface area contributed by atoms with Gasteiger partial charge in [-0.05, 0) is 54.1 Å². The van der Waals surface area contributed by atoms with E-state index in [1.54, 1.807) is 24.3 Å². The molecule has 5 aromatic rings. The monoisotopic (exact) mass is 558 g/mol. The van der Waals surface area contributed by atoms with Crippen molar-refractivity contribution in [2.75, 3.05) is 4.90 Å². The van der Waals surface area contributed by atoms with Crippen molar-refractivity contribution in [1.82, 2.24) is 15.2 Å². The molecule has 0 aliphatic carbocycles. The molecule has 0 radical (unpaired) electrons. The molecule has 3 heterocycles. The Morgan fingerprint density at radius 3 is 2.56 bits per heavy atom. The van der Waals surface area contributed by atoms with Crippen molar-refractivity contribution in [3.63, 3.8) is 0 Å². The average Bonchev–Trinajstić information content (AvgIpc) is 3.38. The second-order valence-electron chi connectivity index (χ2n) is 8.71. The third kappa shape index (κ3) is 4.98. The summed E-state index contributed by atoms with van der Waals surface area (Å²) >= 11 is 7.68. The summed E-state index contributed by atoms with van der Waals surface area (Å²) in [5.74, 6) is 1.03. The number of nitrogens with zero attached hydrogens (tertiary/aromatic N) is 4. The van der Waals surface area contributed by atoms with E-state index < -0.39 is 6.23 Å². The van der Waals surface area contributed by atoms with Gasteiger partial charge in [-0.15, -0.1) is 10.2 Å². The zero-order chi connectivity index (χ0) is 26.9. The van der Waals surface area contributed by atoms with Crippen LogP contribution in [0.3, 0.4) is 0 Å². The summed E-state index contributed by atoms with van der Waals surface area (Å²) in [5, 5.41) is 9.81. The number of thioether (sulfide) groups is 1. The summed E-state index contributed by atoms with van der Waals surface area (Å²) in [7, 11) is 0. The first kappa shape index (κ1) is 25.1. The van der Waals surface area contributed by atoms with Crippen LogP contribution in [0.2, 0.25) is 5.02 Å². The number of fused-ring (bicyclic) bond motifs is 3. The SMILES string of the molecule is CC(=O)N1c2ccccc2-c2nnc(SCc3ccccc3Cl)nc2O[C@H]1c1ccc(-c2ccc(F)cc2)o1. The number of carbonyl (C=O) groups is 1. The minimum Gasteiger partial charge on any atom is -0.455 e. The highest BCUT2D eigenvalue weighted by atomic mass is 35.5. The summed E-state index contributed by atoms with van der Waals surface area (Å²) in [6, 6.07) is 24.4. The maximum atomic E-state index is 13.4. The van der Waals surface area contributed by atoms with E-state index in [4.69, 9.17) is 20.8 Å². The topological polar surface area (TPSA) is 81.4 Å². The number of rotatable bonds is 5. The molecule has 0 N–H and O–H groups in total. The number of para-hydroxylation sites is 1. The van der Waals surface area contributed by atoms with E-state index in [0.717, 1.165) is 5.56 Å². The van der Waals surface area contributed by atoms with Crippen molar-refractivity contribution in [2.45, 2.75) is 24.1 Å². The Hall–Kier alpha value is -4.21. The minimum atomic E-state index is -0.975. The van der Waals surface area contributed by atoms with Gasteiger partial charge in [0, 0.05) is 28.8 Å². The quantitative estimate of drug-likeness (QED) is 0.209. The first-order chi connectivity index (χ1) is 19.0. The van der Waals surface area contributed by atoms with Crippen LogP contribution >= 0.6 is 23.4 Å². The maximum absolute atomic E-state index is 13.4. The molecule has 1 aliphatic rings. The van der Waals surface area contributed by atoms with Gasteiger partial charge in [-0.2, -0.15) is 4.98 Å². The number of benzene rings is 3. The van der Waals surface area contributed by atoms with Crippen molar-refractivity contribution in [3.05, 3.63) is 107 Å². The fourth-order valence-electron chi connectivity index (χ4n) is 4.31. The summed E-state index contributed by atoms with van der Waals surface area (Å²) in [4.78, 5) is 19.2. The largest absolute Gasteiger partial charge is 0.455 e. The third-order valence-corrected chi connectivity index (χ3v) is 7.42. The fourth-order valence-corrected chi connectivity index (χ4v) is 5.38. The standard InChI is InChI=1S/C29H20ClFN4O3S/c1-17(36)35-23-9-5-3-7-21(23)26-27(32-29(34-33-26)39-16-19-6-2-4-8-22(19)30)38-28(35)25-15-14-24(37-25)18-10-12-20(31)13-11-18/h2-15,28H,16H2,1H3/t28-/m0/s1. The Bertz CT molecular complexity index is 1680. The Kier molecular flexibility index (Phi) is 6.76. The number of hydrogen-bond acceptors (Lipinski definition) is 7. The van der Waals surface area contributed by atoms with Crippen LogP contribution < -0.4 is 9.64 Å². The highest BCUT2D eigenvalue weighted by molar-refractivity contribution is 7.98. The van der Waals surface area contributed by atoms with Crippen molar-refractivity contribution in [2.24, 2.45) is 0 Å². The Morgan fingerprint density at radius 1 is 1.00 bits per heavy atom. The van der Waals surface area contributed by atoms with Crippen LogP contribution in [0.25, 0.3) is 22.6 Å². The molecule has 1 atom stereocenters. The maximum Gasteiger partial charge on any atom is 0.247 e. The molecule has 0 bridgehead atoms. The molecule has 1 aliphatic heterocycles. The lowest BCUT2D eigenvalue weighted by molar-refractivity contribution is -0.118. The van der Waals surface area contributed by atoms with Crippen LogP contribution in [-0.4, -0.2) is 21.1 Å². The van der Waals surface area contributed by atoms with Crippen LogP contribution in [0.1, 0.15) is 24.5 Å². The molecule has 39 heavy (non-hydrogen) atoms. The summed E-state index contributed by atoms with van der Waals surface area (Å²) in [5.41, 5.74) is 3.28. The lowest BCUT2D eigenvalue weighted by atomic mass is 10.1. The number of aromatic nitrogens is 3. The number of ether oxygens (including phenoxy) is 1. The highest BCUT2D eigenvalue weighted by Crippen LogP contribution is 2.44. The van der Waals surface area contributed by atoms with Crippen LogP contribution in [0.15, 0.2) is 94.5 Å². The molecule has 0 unspecified atom stereocenters. The number of carbonyl (C=O) groups excluding carboxylic acids is 1. The highest BCUT2D eigenvalue weighted by Gasteiger charge is 2.36. The van der Waals surface area contributed by atoms with E-state index in [-0.39, 0.29) is 17.6 Å². The second-order valence-corrected chi connectivity index (χ2v) is 10.1. The smallest absolute Gasteiger partial charge is 0.247 e. The number of anilines is 1. The summed E-state index contributed by atoms with van der Waals surface area (Å²) < 4.78 is 26.0. The number of furan rings is 1. The van der Waals surface area contributed by atoms with Crippen LogP contribution in [0.4, 0.5) is 10.1 Å². The summed E-state index contributed by atoms with van der Waals surface area (Å²) in [6.45, 7) is 1.46. The lowest BCUT2D eigenvalue weighted by Crippen LogP contribution is -2.35.